The molecule has 1 aromatic heterocycles. The molecule has 0 aliphatic carbocycles. The third-order valence-corrected chi connectivity index (χ3v) is 3.39. The molecule has 0 radical (unpaired) electrons. The van der Waals surface area contributed by atoms with Crippen molar-refractivity contribution in [2.75, 3.05) is 11.9 Å². The standard InChI is InChI=1S/C18H21N3O2/c1-3-4-10-20-18(23)17-12-16(9-11-19-17)21-15-7-5-14(6-8-15)13(2)22/h5-9,11-12H,3-4,10H2,1-2H3,(H,19,21)(H,20,23). The zero-order chi connectivity index (χ0) is 16.7. The van der Waals surface area contributed by atoms with Crippen LogP contribution in [-0.4, -0.2) is 23.2 Å². The van der Waals surface area contributed by atoms with Gasteiger partial charge in [-0.1, -0.05) is 13.3 Å². The summed E-state index contributed by atoms with van der Waals surface area (Å²) in [7, 11) is 0. The van der Waals surface area contributed by atoms with Crippen molar-refractivity contribution in [2.24, 2.45) is 0 Å². The summed E-state index contributed by atoms with van der Waals surface area (Å²) in [5.74, 6) is -0.138. The molecule has 2 N–H and O–H groups in total. The molecule has 0 unspecified atom stereocenters. The topological polar surface area (TPSA) is 71.1 Å². The first-order valence-corrected chi connectivity index (χ1v) is 7.72. The highest BCUT2D eigenvalue weighted by atomic mass is 16.1. The zero-order valence-electron chi connectivity index (χ0n) is 13.4. The number of aromatic nitrogens is 1. The summed E-state index contributed by atoms with van der Waals surface area (Å²) in [4.78, 5) is 27.4. The lowest BCUT2D eigenvalue weighted by Gasteiger charge is -2.09. The van der Waals surface area contributed by atoms with Gasteiger partial charge < -0.3 is 10.6 Å². The van der Waals surface area contributed by atoms with Gasteiger partial charge >= 0.3 is 0 Å². The number of anilines is 2. The molecule has 0 aliphatic heterocycles. The van der Waals surface area contributed by atoms with Crippen molar-refractivity contribution in [3.05, 3.63) is 53.9 Å². The number of carbonyl (C=O) groups is 2. The molecule has 0 saturated carbocycles. The van der Waals surface area contributed by atoms with Crippen molar-refractivity contribution < 1.29 is 9.59 Å². The quantitative estimate of drug-likeness (QED) is 0.606. The predicted molar refractivity (Wildman–Crippen MR) is 91.2 cm³/mol. The number of unbranched alkanes of at least 4 members (excludes halogenated alkanes) is 1. The lowest BCUT2D eigenvalue weighted by atomic mass is 10.1. The van der Waals surface area contributed by atoms with Gasteiger partial charge in [0.2, 0.25) is 0 Å². The minimum Gasteiger partial charge on any atom is -0.355 e. The number of nitrogens with one attached hydrogen (secondary N) is 2. The smallest absolute Gasteiger partial charge is 0.269 e. The molecule has 0 spiro atoms. The van der Waals surface area contributed by atoms with Crippen LogP contribution in [0.2, 0.25) is 0 Å². The summed E-state index contributed by atoms with van der Waals surface area (Å²) in [5, 5.41) is 6.05. The molecule has 5 nitrogen and oxygen atoms in total. The van der Waals surface area contributed by atoms with Gasteiger partial charge in [0.25, 0.3) is 5.91 Å². The van der Waals surface area contributed by atoms with Crippen LogP contribution in [0.4, 0.5) is 11.4 Å². The summed E-state index contributed by atoms with van der Waals surface area (Å²) in [6, 6.07) is 10.7. The SMILES string of the molecule is CCCCNC(=O)c1cc(Nc2ccc(C(C)=O)cc2)ccn1. The zero-order valence-corrected chi connectivity index (χ0v) is 13.4. The summed E-state index contributed by atoms with van der Waals surface area (Å²) in [6.45, 7) is 4.27. The fourth-order valence-corrected chi connectivity index (χ4v) is 2.06. The van der Waals surface area contributed by atoms with Crippen molar-refractivity contribution in [3.63, 3.8) is 0 Å². The van der Waals surface area contributed by atoms with Crippen LogP contribution in [0.3, 0.4) is 0 Å². The van der Waals surface area contributed by atoms with Crippen molar-refractivity contribution in [1.29, 1.82) is 0 Å². The Morgan fingerprint density at radius 2 is 1.83 bits per heavy atom. The monoisotopic (exact) mass is 311 g/mol. The lowest BCUT2D eigenvalue weighted by molar-refractivity contribution is 0.0947. The maximum atomic E-state index is 12.0. The van der Waals surface area contributed by atoms with E-state index < -0.39 is 0 Å². The van der Waals surface area contributed by atoms with Gasteiger partial charge in [-0.15, -0.1) is 0 Å². The van der Waals surface area contributed by atoms with Crippen LogP contribution in [0.25, 0.3) is 0 Å². The minimum atomic E-state index is -0.172. The predicted octanol–water partition coefficient (Wildman–Crippen LogP) is 3.56. The van der Waals surface area contributed by atoms with E-state index in [2.05, 4.69) is 22.5 Å². The number of pyridine rings is 1. The highest BCUT2D eigenvalue weighted by Crippen LogP contribution is 2.17. The van der Waals surface area contributed by atoms with Gasteiger partial charge in [0.15, 0.2) is 5.78 Å². The summed E-state index contributed by atoms with van der Waals surface area (Å²) in [6.07, 6.45) is 3.58. The molecule has 0 fully saturated rings. The molecule has 2 rings (SSSR count). The third-order valence-electron chi connectivity index (χ3n) is 3.39. The number of hydrogen-bond donors (Lipinski definition) is 2. The molecule has 120 valence electrons. The number of benzene rings is 1. The van der Waals surface area contributed by atoms with Gasteiger partial charge in [0.1, 0.15) is 5.69 Å². The van der Waals surface area contributed by atoms with Gasteiger partial charge in [-0.05, 0) is 49.7 Å². The molecule has 5 heteroatoms. The molecule has 23 heavy (non-hydrogen) atoms. The molecular weight excluding hydrogens is 290 g/mol. The van der Waals surface area contributed by atoms with Crippen LogP contribution in [-0.2, 0) is 0 Å². The van der Waals surface area contributed by atoms with Crippen LogP contribution in [0.1, 0.15) is 47.5 Å². The number of rotatable bonds is 7. The van der Waals surface area contributed by atoms with E-state index in [4.69, 9.17) is 0 Å². The Labute approximate surface area is 136 Å². The summed E-state index contributed by atoms with van der Waals surface area (Å²) >= 11 is 0. The van der Waals surface area contributed by atoms with Crippen molar-refractivity contribution in [1.82, 2.24) is 10.3 Å². The van der Waals surface area contributed by atoms with E-state index >= 15 is 0 Å². The van der Waals surface area contributed by atoms with E-state index in [-0.39, 0.29) is 11.7 Å². The maximum Gasteiger partial charge on any atom is 0.269 e. The van der Waals surface area contributed by atoms with Gasteiger partial charge in [0.05, 0.1) is 0 Å². The number of Topliss-reactive ketones (excluding diaryl/α,β-unsaturated/α-hetero) is 1. The second kappa shape index (κ2) is 8.08. The molecule has 1 aromatic carbocycles. The molecule has 0 bridgehead atoms. The molecule has 0 atom stereocenters. The van der Waals surface area contributed by atoms with Crippen LogP contribution in [0, 0.1) is 0 Å². The van der Waals surface area contributed by atoms with Gasteiger partial charge in [-0.3, -0.25) is 14.6 Å². The fourth-order valence-electron chi connectivity index (χ4n) is 2.06. The number of nitrogens with zero attached hydrogens (tertiary/aromatic N) is 1. The Kier molecular flexibility index (Phi) is 5.86. The largest absolute Gasteiger partial charge is 0.355 e. The van der Waals surface area contributed by atoms with E-state index in [9.17, 15) is 9.59 Å². The molecular formula is C18H21N3O2. The second-order valence-electron chi connectivity index (χ2n) is 5.30. The van der Waals surface area contributed by atoms with Crippen LogP contribution in [0.15, 0.2) is 42.6 Å². The number of ketones is 1. The molecule has 0 aliphatic rings. The first kappa shape index (κ1) is 16.7. The first-order valence-electron chi connectivity index (χ1n) is 7.72. The van der Waals surface area contributed by atoms with Gasteiger partial charge in [-0.2, -0.15) is 0 Å². The molecule has 1 amide bonds. The summed E-state index contributed by atoms with van der Waals surface area (Å²) in [5.41, 5.74) is 2.67. The maximum absolute atomic E-state index is 12.0. The average molecular weight is 311 g/mol. The highest BCUT2D eigenvalue weighted by molar-refractivity contribution is 5.94. The Bertz CT molecular complexity index is 681. The Morgan fingerprint density at radius 3 is 2.48 bits per heavy atom. The first-order chi connectivity index (χ1) is 11.1. The van der Waals surface area contributed by atoms with Gasteiger partial charge in [-0.25, -0.2) is 0 Å². The highest BCUT2D eigenvalue weighted by Gasteiger charge is 2.07. The summed E-state index contributed by atoms with van der Waals surface area (Å²) < 4.78 is 0. The van der Waals surface area contributed by atoms with Crippen LogP contribution in [0.5, 0.6) is 0 Å². The van der Waals surface area contributed by atoms with Crippen molar-refractivity contribution in [3.8, 4) is 0 Å². The fraction of sp³-hybridized carbons (Fsp3) is 0.278. The van der Waals surface area contributed by atoms with Crippen molar-refractivity contribution >= 4 is 23.1 Å². The van der Waals surface area contributed by atoms with Crippen molar-refractivity contribution in [2.45, 2.75) is 26.7 Å². The number of amides is 1. The second-order valence-corrected chi connectivity index (χ2v) is 5.30. The number of hydrogen-bond acceptors (Lipinski definition) is 4. The van der Waals surface area contributed by atoms with E-state index in [1.807, 2.05) is 12.1 Å². The number of carbonyl (C=O) groups excluding carboxylic acids is 2. The third kappa shape index (κ3) is 4.92. The van der Waals surface area contributed by atoms with Crippen LogP contribution >= 0.6 is 0 Å². The molecule has 2 aromatic rings. The Hall–Kier alpha value is -2.69. The van der Waals surface area contributed by atoms with Gasteiger partial charge in [0, 0.05) is 29.7 Å². The van der Waals surface area contributed by atoms with Crippen LogP contribution < -0.4 is 10.6 Å². The Balaban J connectivity index is 2.04. The Morgan fingerprint density at radius 1 is 1.09 bits per heavy atom. The normalized spacial score (nSPS) is 10.2. The average Bonchev–Trinajstić information content (AvgIpc) is 2.56. The molecule has 0 saturated heterocycles. The van der Waals surface area contributed by atoms with E-state index in [1.165, 1.54) is 6.92 Å². The van der Waals surface area contributed by atoms with E-state index in [1.54, 1.807) is 30.5 Å². The lowest BCUT2D eigenvalue weighted by Crippen LogP contribution is -2.25. The van der Waals surface area contributed by atoms with E-state index in [0.29, 0.717) is 17.8 Å². The van der Waals surface area contributed by atoms with E-state index in [0.717, 1.165) is 24.2 Å². The molecule has 1 heterocycles. The minimum absolute atomic E-state index is 0.0338.